The van der Waals surface area contributed by atoms with E-state index in [1.165, 1.54) is 0 Å². The summed E-state index contributed by atoms with van der Waals surface area (Å²) in [4.78, 5) is 11.7. The molecule has 1 amide bonds. The summed E-state index contributed by atoms with van der Waals surface area (Å²) in [5.41, 5.74) is -0.219. The molecule has 17 heavy (non-hydrogen) atoms. The predicted octanol–water partition coefficient (Wildman–Crippen LogP) is 0.0322. The maximum absolute atomic E-state index is 11.7. The first-order valence-electron chi connectivity index (χ1n) is 6.29. The minimum Gasteiger partial charge on any atom is -0.394 e. The minimum absolute atomic E-state index is 0.0131. The van der Waals surface area contributed by atoms with Gasteiger partial charge in [0.05, 0.1) is 12.6 Å². The molecule has 1 unspecified atom stereocenters. The lowest BCUT2D eigenvalue weighted by Crippen LogP contribution is -2.60. The van der Waals surface area contributed by atoms with Crippen molar-refractivity contribution in [3.63, 3.8) is 0 Å². The molecule has 1 atom stereocenters. The Bertz CT molecular complexity index is 236. The van der Waals surface area contributed by atoms with Gasteiger partial charge in [0.2, 0.25) is 5.91 Å². The zero-order chi connectivity index (χ0) is 12.7. The highest BCUT2D eigenvalue weighted by atomic mass is 16.5. The van der Waals surface area contributed by atoms with Crippen LogP contribution in [0.2, 0.25) is 0 Å². The van der Waals surface area contributed by atoms with Crippen LogP contribution < -0.4 is 10.6 Å². The summed E-state index contributed by atoms with van der Waals surface area (Å²) < 4.78 is 4.91. The Kier molecular flexibility index (Phi) is 5.88. The monoisotopic (exact) mass is 244 g/mol. The Morgan fingerprint density at radius 1 is 1.53 bits per heavy atom. The lowest BCUT2D eigenvalue weighted by molar-refractivity contribution is -0.123. The maximum atomic E-state index is 11.7. The van der Waals surface area contributed by atoms with Gasteiger partial charge in [0.1, 0.15) is 0 Å². The molecule has 1 aliphatic carbocycles. The lowest BCUT2D eigenvalue weighted by Gasteiger charge is -2.42. The average molecular weight is 244 g/mol. The maximum Gasteiger partial charge on any atom is 0.236 e. The van der Waals surface area contributed by atoms with E-state index >= 15 is 0 Å². The molecule has 1 aliphatic rings. The SMILES string of the molecule is COCCCNC(=O)C(C)NC1(CO)CCC1. The molecule has 5 nitrogen and oxygen atoms in total. The summed E-state index contributed by atoms with van der Waals surface area (Å²) in [5.74, 6) is -0.0131. The van der Waals surface area contributed by atoms with Crippen LogP contribution in [0.5, 0.6) is 0 Å². The first kappa shape index (κ1) is 14.4. The molecule has 3 N–H and O–H groups in total. The van der Waals surface area contributed by atoms with Crippen molar-refractivity contribution in [3.05, 3.63) is 0 Å². The van der Waals surface area contributed by atoms with Crippen LogP contribution in [0.1, 0.15) is 32.6 Å². The van der Waals surface area contributed by atoms with Gasteiger partial charge in [-0.15, -0.1) is 0 Å². The van der Waals surface area contributed by atoms with Crippen LogP contribution in [0.4, 0.5) is 0 Å². The van der Waals surface area contributed by atoms with Crippen molar-refractivity contribution >= 4 is 5.91 Å². The normalized spacial score (nSPS) is 19.5. The Hall–Kier alpha value is -0.650. The fourth-order valence-corrected chi connectivity index (χ4v) is 2.06. The first-order valence-corrected chi connectivity index (χ1v) is 6.29. The van der Waals surface area contributed by atoms with Crippen molar-refractivity contribution < 1.29 is 14.6 Å². The van der Waals surface area contributed by atoms with Gasteiger partial charge >= 0.3 is 0 Å². The molecule has 0 aromatic rings. The summed E-state index contributed by atoms with van der Waals surface area (Å²) >= 11 is 0. The molecule has 0 spiro atoms. The number of carbonyl (C=O) groups excluding carboxylic acids is 1. The summed E-state index contributed by atoms with van der Waals surface area (Å²) in [6.07, 6.45) is 3.84. The summed E-state index contributed by atoms with van der Waals surface area (Å²) in [5, 5.41) is 15.4. The van der Waals surface area contributed by atoms with E-state index in [1.807, 2.05) is 6.92 Å². The van der Waals surface area contributed by atoms with Crippen LogP contribution in [0.3, 0.4) is 0 Å². The third-order valence-corrected chi connectivity index (χ3v) is 3.35. The van der Waals surface area contributed by atoms with Gasteiger partial charge in [-0.3, -0.25) is 10.1 Å². The summed E-state index contributed by atoms with van der Waals surface area (Å²) in [6, 6.07) is -0.259. The predicted molar refractivity (Wildman–Crippen MR) is 65.8 cm³/mol. The van der Waals surface area contributed by atoms with Gasteiger partial charge in [-0.2, -0.15) is 0 Å². The van der Waals surface area contributed by atoms with Crippen molar-refractivity contribution in [1.29, 1.82) is 0 Å². The molecular weight excluding hydrogens is 220 g/mol. The average Bonchev–Trinajstić information content (AvgIpc) is 2.28. The van der Waals surface area contributed by atoms with Gasteiger partial charge in [-0.1, -0.05) is 0 Å². The van der Waals surface area contributed by atoms with Crippen molar-refractivity contribution in [2.75, 3.05) is 26.9 Å². The largest absolute Gasteiger partial charge is 0.394 e. The standard InChI is InChI=1S/C12H24N2O3/c1-10(11(16)13-7-4-8-17-2)14-12(9-15)5-3-6-12/h10,14-15H,3-9H2,1-2H3,(H,13,16). The molecule has 1 rings (SSSR count). The zero-order valence-corrected chi connectivity index (χ0v) is 10.8. The van der Waals surface area contributed by atoms with E-state index in [1.54, 1.807) is 7.11 Å². The van der Waals surface area contributed by atoms with Gasteiger partial charge in [-0.25, -0.2) is 0 Å². The van der Waals surface area contributed by atoms with E-state index in [0.717, 1.165) is 25.7 Å². The highest BCUT2D eigenvalue weighted by Crippen LogP contribution is 2.31. The van der Waals surface area contributed by atoms with Crippen LogP contribution in [-0.2, 0) is 9.53 Å². The van der Waals surface area contributed by atoms with Crippen molar-refractivity contribution in [2.45, 2.75) is 44.2 Å². The second-order valence-electron chi connectivity index (χ2n) is 4.80. The van der Waals surface area contributed by atoms with E-state index in [2.05, 4.69) is 10.6 Å². The number of carbonyl (C=O) groups is 1. The zero-order valence-electron chi connectivity index (χ0n) is 10.8. The number of ether oxygens (including phenoxy) is 1. The molecular formula is C12H24N2O3. The van der Waals surface area contributed by atoms with E-state index in [-0.39, 0.29) is 24.1 Å². The quantitative estimate of drug-likeness (QED) is 0.527. The lowest BCUT2D eigenvalue weighted by atomic mass is 9.77. The van der Waals surface area contributed by atoms with Crippen LogP contribution in [0.25, 0.3) is 0 Å². The Balaban J connectivity index is 2.22. The molecule has 1 fully saturated rings. The van der Waals surface area contributed by atoms with E-state index in [0.29, 0.717) is 13.2 Å². The number of hydrogen-bond acceptors (Lipinski definition) is 4. The van der Waals surface area contributed by atoms with Gasteiger partial charge < -0.3 is 15.2 Å². The fraction of sp³-hybridized carbons (Fsp3) is 0.917. The smallest absolute Gasteiger partial charge is 0.236 e. The van der Waals surface area contributed by atoms with Crippen molar-refractivity contribution in [3.8, 4) is 0 Å². The third-order valence-electron chi connectivity index (χ3n) is 3.35. The fourth-order valence-electron chi connectivity index (χ4n) is 2.06. The Labute approximate surface area is 103 Å². The first-order chi connectivity index (χ1) is 8.13. The van der Waals surface area contributed by atoms with Crippen LogP contribution in [0.15, 0.2) is 0 Å². The molecule has 0 saturated heterocycles. The molecule has 5 heteroatoms. The topological polar surface area (TPSA) is 70.6 Å². The van der Waals surface area contributed by atoms with Crippen LogP contribution in [0, 0.1) is 0 Å². The molecule has 0 aromatic heterocycles. The van der Waals surface area contributed by atoms with E-state index in [4.69, 9.17) is 4.74 Å². The number of methoxy groups -OCH3 is 1. The molecule has 0 aliphatic heterocycles. The number of rotatable bonds is 8. The number of aliphatic hydroxyl groups is 1. The summed E-state index contributed by atoms with van der Waals surface area (Å²) in [6.45, 7) is 3.23. The van der Waals surface area contributed by atoms with Crippen LogP contribution >= 0.6 is 0 Å². The van der Waals surface area contributed by atoms with Gasteiger partial charge in [0.15, 0.2) is 0 Å². The molecule has 100 valence electrons. The van der Waals surface area contributed by atoms with Crippen molar-refractivity contribution in [1.82, 2.24) is 10.6 Å². The second kappa shape index (κ2) is 6.93. The number of nitrogens with one attached hydrogen (secondary N) is 2. The number of aliphatic hydroxyl groups excluding tert-OH is 1. The van der Waals surface area contributed by atoms with E-state index in [9.17, 15) is 9.90 Å². The van der Waals surface area contributed by atoms with Gasteiger partial charge in [0, 0.05) is 25.8 Å². The number of hydrogen-bond donors (Lipinski definition) is 3. The number of amides is 1. The Morgan fingerprint density at radius 3 is 2.71 bits per heavy atom. The highest BCUT2D eigenvalue weighted by molar-refractivity contribution is 5.81. The molecule has 1 saturated carbocycles. The molecule has 0 bridgehead atoms. The summed E-state index contributed by atoms with van der Waals surface area (Å²) in [7, 11) is 1.65. The highest BCUT2D eigenvalue weighted by Gasteiger charge is 2.38. The van der Waals surface area contributed by atoms with Gasteiger partial charge in [-0.05, 0) is 32.6 Å². The molecule has 0 heterocycles. The van der Waals surface area contributed by atoms with Crippen LogP contribution in [-0.4, -0.2) is 49.5 Å². The van der Waals surface area contributed by atoms with E-state index < -0.39 is 0 Å². The van der Waals surface area contributed by atoms with Gasteiger partial charge in [0.25, 0.3) is 0 Å². The minimum atomic E-state index is -0.259. The Morgan fingerprint density at radius 2 is 2.24 bits per heavy atom. The molecule has 0 aromatic carbocycles. The molecule has 0 radical (unpaired) electrons. The third kappa shape index (κ3) is 4.26. The van der Waals surface area contributed by atoms with Crippen molar-refractivity contribution in [2.24, 2.45) is 0 Å². The second-order valence-corrected chi connectivity index (χ2v) is 4.80.